The van der Waals surface area contributed by atoms with E-state index < -0.39 is 0 Å². The zero-order chi connectivity index (χ0) is 19.8. The van der Waals surface area contributed by atoms with Crippen molar-refractivity contribution >= 4 is 23.0 Å². The molecule has 2 heterocycles. The topological polar surface area (TPSA) is 51.4 Å². The Kier molecular flexibility index (Phi) is 5.19. The number of hydrogen-bond donors (Lipinski definition) is 2. The van der Waals surface area contributed by atoms with Gasteiger partial charge in [-0.2, -0.15) is 0 Å². The normalized spacial score (nSPS) is 24.0. The van der Waals surface area contributed by atoms with E-state index >= 15 is 0 Å². The Bertz CT molecular complexity index is 882. The molecule has 1 aromatic heterocycles. The summed E-state index contributed by atoms with van der Waals surface area (Å²) >= 11 is 0. The van der Waals surface area contributed by atoms with Crippen molar-refractivity contribution in [2.24, 2.45) is 0 Å². The molecule has 0 unspecified atom stereocenters. The highest BCUT2D eigenvalue weighted by Gasteiger charge is 2.41. The SMILES string of the molecule is C=Cc1[nH]c2cccc3c2c1C[C@@H]1[C@@H]3C[C@H](NC(=O)N(CC)CC)CN1CC. The first kappa shape index (κ1) is 19.1. The van der Waals surface area contributed by atoms with Crippen LogP contribution < -0.4 is 5.32 Å². The van der Waals surface area contributed by atoms with E-state index in [1.807, 2.05) is 24.8 Å². The van der Waals surface area contributed by atoms with Crippen molar-refractivity contribution in [2.45, 2.75) is 51.6 Å². The summed E-state index contributed by atoms with van der Waals surface area (Å²) in [6.07, 6.45) is 4.00. The van der Waals surface area contributed by atoms with Crippen molar-refractivity contribution in [1.29, 1.82) is 0 Å². The molecule has 1 aromatic carbocycles. The van der Waals surface area contributed by atoms with Crippen molar-refractivity contribution in [1.82, 2.24) is 20.1 Å². The van der Waals surface area contributed by atoms with Crippen LogP contribution in [0.2, 0.25) is 0 Å². The van der Waals surface area contributed by atoms with E-state index in [0.29, 0.717) is 12.0 Å². The number of urea groups is 1. The third kappa shape index (κ3) is 3.02. The molecular weight excluding hydrogens is 348 g/mol. The van der Waals surface area contributed by atoms with Crippen LogP contribution >= 0.6 is 0 Å². The largest absolute Gasteiger partial charge is 0.355 e. The van der Waals surface area contributed by atoms with Gasteiger partial charge in [-0.1, -0.05) is 25.6 Å². The number of aromatic nitrogens is 1. The second-order valence-corrected chi connectivity index (χ2v) is 8.01. The maximum Gasteiger partial charge on any atom is 0.317 e. The molecule has 0 radical (unpaired) electrons. The van der Waals surface area contributed by atoms with Crippen LogP contribution in [0.4, 0.5) is 4.79 Å². The van der Waals surface area contributed by atoms with Crippen molar-refractivity contribution in [3.63, 3.8) is 0 Å². The molecule has 0 saturated carbocycles. The molecule has 1 aliphatic carbocycles. The summed E-state index contributed by atoms with van der Waals surface area (Å²) in [6, 6.07) is 7.33. The standard InChI is InChI=1S/C23H32N4O/c1-5-19-18-13-21-17(16-10-9-11-20(25-19)22(16)18)12-15(14-27(21)8-4)24-23(28)26(6-2)7-3/h5,9-11,15,17,21,25H,1,6-8,12-14H2,2-4H3,(H,24,28)/t15-,17+,21+/m0/s1. The third-order valence-corrected chi connectivity index (χ3v) is 6.72. The number of amides is 2. The number of likely N-dealkylation sites (N-methyl/N-ethyl adjacent to an activating group) is 1. The van der Waals surface area contributed by atoms with Crippen LogP contribution in [0.5, 0.6) is 0 Å². The lowest BCUT2D eigenvalue weighted by Crippen LogP contribution is -2.57. The molecule has 5 nitrogen and oxygen atoms in total. The fourth-order valence-electron chi connectivity index (χ4n) is 5.33. The van der Waals surface area contributed by atoms with Crippen LogP contribution in [0.15, 0.2) is 24.8 Å². The molecule has 1 saturated heterocycles. The van der Waals surface area contributed by atoms with E-state index in [4.69, 9.17) is 0 Å². The summed E-state index contributed by atoms with van der Waals surface area (Å²) in [4.78, 5) is 20.6. The van der Waals surface area contributed by atoms with E-state index in [-0.39, 0.29) is 12.1 Å². The Morgan fingerprint density at radius 1 is 1.36 bits per heavy atom. The van der Waals surface area contributed by atoms with Crippen LogP contribution in [-0.2, 0) is 6.42 Å². The summed E-state index contributed by atoms with van der Waals surface area (Å²) < 4.78 is 0. The van der Waals surface area contributed by atoms with Crippen molar-refractivity contribution in [3.8, 4) is 0 Å². The Labute approximate surface area is 167 Å². The molecule has 0 bridgehead atoms. The molecular formula is C23H32N4O. The predicted molar refractivity (Wildman–Crippen MR) is 116 cm³/mol. The van der Waals surface area contributed by atoms with Crippen LogP contribution in [-0.4, -0.2) is 59.1 Å². The second kappa shape index (κ2) is 7.63. The average molecular weight is 381 g/mol. The molecule has 0 spiro atoms. The molecule has 150 valence electrons. The van der Waals surface area contributed by atoms with E-state index in [9.17, 15) is 4.79 Å². The molecule has 2 N–H and O–H groups in total. The number of rotatable bonds is 5. The number of piperidine rings is 1. The highest BCUT2D eigenvalue weighted by Crippen LogP contribution is 2.44. The van der Waals surface area contributed by atoms with Crippen molar-refractivity contribution < 1.29 is 4.79 Å². The van der Waals surface area contributed by atoms with Crippen molar-refractivity contribution in [3.05, 3.63) is 41.6 Å². The molecule has 2 amide bonds. The first-order chi connectivity index (χ1) is 13.6. The minimum absolute atomic E-state index is 0.0646. The number of carbonyl (C=O) groups excluding carboxylic acids is 1. The molecule has 5 heteroatoms. The minimum Gasteiger partial charge on any atom is -0.355 e. The van der Waals surface area contributed by atoms with Gasteiger partial charge in [-0.15, -0.1) is 0 Å². The van der Waals surface area contributed by atoms with Gasteiger partial charge in [0.15, 0.2) is 0 Å². The monoisotopic (exact) mass is 380 g/mol. The zero-order valence-electron chi connectivity index (χ0n) is 17.3. The first-order valence-electron chi connectivity index (χ1n) is 10.7. The lowest BCUT2D eigenvalue weighted by Gasteiger charge is -2.47. The molecule has 3 atom stereocenters. The summed E-state index contributed by atoms with van der Waals surface area (Å²) in [7, 11) is 0. The summed E-state index contributed by atoms with van der Waals surface area (Å²) in [5, 5.41) is 4.69. The second-order valence-electron chi connectivity index (χ2n) is 8.01. The smallest absolute Gasteiger partial charge is 0.317 e. The maximum atomic E-state index is 12.6. The average Bonchev–Trinajstić information content (AvgIpc) is 3.08. The lowest BCUT2D eigenvalue weighted by atomic mass is 9.73. The molecule has 4 rings (SSSR count). The van der Waals surface area contributed by atoms with Gasteiger partial charge in [0.25, 0.3) is 0 Å². The van der Waals surface area contributed by atoms with Crippen molar-refractivity contribution in [2.75, 3.05) is 26.2 Å². The van der Waals surface area contributed by atoms with Crippen LogP contribution in [0.1, 0.15) is 49.9 Å². The van der Waals surface area contributed by atoms with Gasteiger partial charge in [-0.05, 0) is 56.5 Å². The van der Waals surface area contributed by atoms with Gasteiger partial charge in [0.05, 0.1) is 0 Å². The Morgan fingerprint density at radius 3 is 2.82 bits per heavy atom. The van der Waals surface area contributed by atoms with Gasteiger partial charge in [0.1, 0.15) is 0 Å². The first-order valence-corrected chi connectivity index (χ1v) is 10.7. The summed E-state index contributed by atoms with van der Waals surface area (Å²) in [5.74, 6) is 0.445. The number of likely N-dealkylation sites (tertiary alicyclic amines) is 1. The van der Waals surface area contributed by atoms with Gasteiger partial charge in [-0.3, -0.25) is 4.90 Å². The van der Waals surface area contributed by atoms with E-state index in [2.05, 4.69) is 46.9 Å². The number of nitrogens with one attached hydrogen (secondary N) is 2. The molecule has 1 aliphatic heterocycles. The zero-order valence-corrected chi connectivity index (χ0v) is 17.3. The molecule has 28 heavy (non-hydrogen) atoms. The van der Waals surface area contributed by atoms with Gasteiger partial charge < -0.3 is 15.2 Å². The number of H-pyrrole nitrogens is 1. The fourth-order valence-corrected chi connectivity index (χ4v) is 5.33. The number of benzene rings is 1. The van der Waals surface area contributed by atoms with E-state index in [1.165, 1.54) is 22.0 Å². The summed E-state index contributed by atoms with van der Waals surface area (Å²) in [6.45, 7) is 13.7. The number of fused-ring (bicyclic) bond motifs is 2. The summed E-state index contributed by atoms with van der Waals surface area (Å²) in [5.41, 5.74) is 5.20. The van der Waals surface area contributed by atoms with Crippen LogP contribution in [0.25, 0.3) is 17.0 Å². The Morgan fingerprint density at radius 2 is 2.14 bits per heavy atom. The van der Waals surface area contributed by atoms with Gasteiger partial charge in [0, 0.05) is 54.2 Å². The highest BCUT2D eigenvalue weighted by molar-refractivity contribution is 5.91. The number of nitrogens with zero attached hydrogens (tertiary/aromatic N) is 2. The number of hydrogen-bond acceptors (Lipinski definition) is 2. The van der Waals surface area contributed by atoms with Crippen LogP contribution in [0, 0.1) is 0 Å². The highest BCUT2D eigenvalue weighted by atomic mass is 16.2. The quantitative estimate of drug-likeness (QED) is 0.825. The lowest BCUT2D eigenvalue weighted by molar-refractivity contribution is 0.103. The van der Waals surface area contributed by atoms with Gasteiger partial charge >= 0.3 is 6.03 Å². The van der Waals surface area contributed by atoms with E-state index in [0.717, 1.165) is 44.7 Å². The van der Waals surface area contributed by atoms with Gasteiger partial charge in [0.2, 0.25) is 0 Å². The van der Waals surface area contributed by atoms with E-state index in [1.54, 1.807) is 0 Å². The maximum absolute atomic E-state index is 12.6. The molecule has 2 aromatic rings. The third-order valence-electron chi connectivity index (χ3n) is 6.72. The Hall–Kier alpha value is -2.27. The van der Waals surface area contributed by atoms with Gasteiger partial charge in [-0.25, -0.2) is 4.79 Å². The predicted octanol–water partition coefficient (Wildman–Crippen LogP) is 3.96. The number of aromatic amines is 1. The number of carbonyl (C=O) groups is 1. The minimum atomic E-state index is 0.0646. The van der Waals surface area contributed by atoms with Crippen LogP contribution in [0.3, 0.4) is 0 Å². The molecule has 2 aliphatic rings. The molecule has 1 fully saturated rings. The fraction of sp³-hybridized carbons (Fsp3) is 0.522. The Balaban J connectivity index is 1.67.